The van der Waals surface area contributed by atoms with E-state index in [4.69, 9.17) is 0 Å². The number of nitrogens with one attached hydrogen (secondary N) is 2. The van der Waals surface area contributed by atoms with E-state index in [2.05, 4.69) is 15.1 Å². The lowest BCUT2D eigenvalue weighted by molar-refractivity contribution is 0.348. The molecule has 7 heteroatoms. The van der Waals surface area contributed by atoms with Gasteiger partial charge in [0.15, 0.2) is 5.03 Å². The van der Waals surface area contributed by atoms with Crippen LogP contribution in [0.4, 0.5) is 0 Å². The molecule has 17 heavy (non-hydrogen) atoms. The van der Waals surface area contributed by atoms with Gasteiger partial charge in [-0.3, -0.25) is 4.68 Å². The Morgan fingerprint density at radius 3 is 2.94 bits per heavy atom. The Bertz CT molecular complexity index is 482. The second-order valence-corrected chi connectivity index (χ2v) is 6.07. The monoisotopic (exact) mass is 258 g/mol. The lowest BCUT2D eigenvalue weighted by Gasteiger charge is -2.30. The molecule has 2 heterocycles. The van der Waals surface area contributed by atoms with Gasteiger partial charge < -0.3 is 5.32 Å². The summed E-state index contributed by atoms with van der Waals surface area (Å²) in [5.41, 5.74) is 0. The minimum Gasteiger partial charge on any atom is -0.313 e. The zero-order chi connectivity index (χ0) is 12.5. The van der Waals surface area contributed by atoms with Crippen molar-refractivity contribution < 1.29 is 8.42 Å². The summed E-state index contributed by atoms with van der Waals surface area (Å²) in [7, 11) is -1.85. The molecular weight excluding hydrogens is 240 g/mol. The third-order valence-corrected chi connectivity index (χ3v) is 4.68. The maximum absolute atomic E-state index is 12.1. The Hall–Kier alpha value is -0.920. The van der Waals surface area contributed by atoms with E-state index in [0.29, 0.717) is 0 Å². The van der Waals surface area contributed by atoms with Crippen LogP contribution < -0.4 is 10.0 Å². The lowest BCUT2D eigenvalue weighted by Crippen LogP contribution is -2.51. The summed E-state index contributed by atoms with van der Waals surface area (Å²) in [6.45, 7) is 2.95. The Labute approximate surface area is 101 Å². The molecule has 1 saturated heterocycles. The van der Waals surface area contributed by atoms with Crippen molar-refractivity contribution in [3.8, 4) is 0 Å². The van der Waals surface area contributed by atoms with Gasteiger partial charge in [0.1, 0.15) is 0 Å². The van der Waals surface area contributed by atoms with Crippen LogP contribution in [-0.4, -0.2) is 36.8 Å². The van der Waals surface area contributed by atoms with Crippen molar-refractivity contribution in [3.05, 3.63) is 12.3 Å². The third kappa shape index (κ3) is 2.67. The molecule has 0 aromatic carbocycles. The van der Waals surface area contributed by atoms with Gasteiger partial charge >= 0.3 is 0 Å². The number of aryl methyl sites for hydroxylation is 1. The fourth-order valence-electron chi connectivity index (χ4n) is 2.09. The molecule has 0 bridgehead atoms. The number of rotatable bonds is 3. The number of aromatic nitrogens is 2. The van der Waals surface area contributed by atoms with Crippen LogP contribution in [0, 0.1) is 0 Å². The quantitative estimate of drug-likeness (QED) is 0.790. The number of hydrogen-bond acceptors (Lipinski definition) is 4. The highest BCUT2D eigenvalue weighted by atomic mass is 32.2. The molecule has 1 fully saturated rings. The maximum Gasteiger partial charge on any atom is 0.258 e. The van der Waals surface area contributed by atoms with Gasteiger partial charge in [0, 0.05) is 19.1 Å². The molecule has 1 aromatic rings. The third-order valence-electron chi connectivity index (χ3n) is 3.12. The molecule has 2 rings (SSSR count). The first-order valence-electron chi connectivity index (χ1n) is 5.74. The van der Waals surface area contributed by atoms with Crippen molar-refractivity contribution in [3.63, 3.8) is 0 Å². The fourth-order valence-corrected chi connectivity index (χ4v) is 3.57. The van der Waals surface area contributed by atoms with E-state index in [9.17, 15) is 8.42 Å². The Morgan fingerprint density at radius 1 is 1.59 bits per heavy atom. The van der Waals surface area contributed by atoms with Gasteiger partial charge in [0.2, 0.25) is 0 Å². The fraction of sp³-hybridized carbons (Fsp3) is 0.700. The molecule has 6 nitrogen and oxygen atoms in total. The van der Waals surface area contributed by atoms with Crippen LogP contribution >= 0.6 is 0 Å². The van der Waals surface area contributed by atoms with E-state index in [-0.39, 0.29) is 17.1 Å². The van der Waals surface area contributed by atoms with Gasteiger partial charge in [-0.05, 0) is 32.4 Å². The average molecular weight is 258 g/mol. The second-order valence-electron chi connectivity index (χ2n) is 4.41. The van der Waals surface area contributed by atoms with E-state index >= 15 is 0 Å². The molecule has 1 aliphatic heterocycles. The summed E-state index contributed by atoms with van der Waals surface area (Å²) in [5.74, 6) is 0. The molecule has 2 atom stereocenters. The van der Waals surface area contributed by atoms with Crippen molar-refractivity contribution in [2.45, 2.75) is 36.9 Å². The van der Waals surface area contributed by atoms with Gasteiger partial charge in [-0.2, -0.15) is 5.10 Å². The number of piperidine rings is 1. The van der Waals surface area contributed by atoms with E-state index in [1.807, 2.05) is 6.92 Å². The zero-order valence-corrected chi connectivity index (χ0v) is 10.9. The molecule has 1 aliphatic rings. The molecule has 1 aromatic heterocycles. The molecule has 2 N–H and O–H groups in total. The van der Waals surface area contributed by atoms with Crippen LogP contribution in [0.15, 0.2) is 17.3 Å². The SMILES string of the molecule is CC1NCCCC1NS(=O)(=O)c1ccnn1C. The highest BCUT2D eigenvalue weighted by molar-refractivity contribution is 7.89. The van der Waals surface area contributed by atoms with Gasteiger partial charge in [-0.15, -0.1) is 0 Å². The van der Waals surface area contributed by atoms with Crippen molar-refractivity contribution >= 4 is 10.0 Å². The summed E-state index contributed by atoms with van der Waals surface area (Å²) >= 11 is 0. The number of hydrogen-bond donors (Lipinski definition) is 2. The van der Waals surface area contributed by atoms with Crippen LogP contribution in [0.5, 0.6) is 0 Å². The predicted molar refractivity (Wildman–Crippen MR) is 64.0 cm³/mol. The van der Waals surface area contributed by atoms with Crippen LogP contribution in [0.3, 0.4) is 0 Å². The van der Waals surface area contributed by atoms with Crippen LogP contribution in [0.1, 0.15) is 19.8 Å². The Balaban J connectivity index is 2.15. The van der Waals surface area contributed by atoms with Crippen molar-refractivity contribution in [1.29, 1.82) is 0 Å². The minimum atomic E-state index is -3.47. The van der Waals surface area contributed by atoms with E-state index < -0.39 is 10.0 Å². The molecule has 0 spiro atoms. The molecule has 0 amide bonds. The second kappa shape index (κ2) is 4.75. The molecule has 0 saturated carbocycles. The van der Waals surface area contributed by atoms with Gasteiger partial charge in [0.25, 0.3) is 10.0 Å². The summed E-state index contributed by atoms with van der Waals surface area (Å²) in [6.07, 6.45) is 3.34. The Morgan fingerprint density at radius 2 is 2.35 bits per heavy atom. The summed E-state index contributed by atoms with van der Waals surface area (Å²) < 4.78 is 28.4. The Kier molecular flexibility index (Phi) is 3.50. The largest absolute Gasteiger partial charge is 0.313 e. The van der Waals surface area contributed by atoms with E-state index in [1.54, 1.807) is 7.05 Å². The van der Waals surface area contributed by atoms with Crippen LogP contribution in [0.25, 0.3) is 0 Å². The van der Waals surface area contributed by atoms with Crippen molar-refractivity contribution in [1.82, 2.24) is 19.8 Å². The summed E-state index contributed by atoms with van der Waals surface area (Å²) in [5, 5.41) is 7.35. The smallest absolute Gasteiger partial charge is 0.258 e. The first-order valence-corrected chi connectivity index (χ1v) is 7.23. The van der Waals surface area contributed by atoms with E-state index in [0.717, 1.165) is 19.4 Å². The van der Waals surface area contributed by atoms with Gasteiger partial charge in [-0.25, -0.2) is 13.1 Å². The minimum absolute atomic E-state index is 0.0522. The van der Waals surface area contributed by atoms with Crippen LogP contribution in [-0.2, 0) is 17.1 Å². The normalized spacial score (nSPS) is 26.0. The molecule has 0 aliphatic carbocycles. The van der Waals surface area contributed by atoms with Crippen molar-refractivity contribution in [2.75, 3.05) is 6.54 Å². The van der Waals surface area contributed by atoms with E-state index in [1.165, 1.54) is 16.9 Å². The van der Waals surface area contributed by atoms with Crippen molar-refractivity contribution in [2.24, 2.45) is 7.05 Å². The predicted octanol–water partition coefficient (Wildman–Crippen LogP) is -0.161. The van der Waals surface area contributed by atoms with Gasteiger partial charge in [-0.1, -0.05) is 0 Å². The van der Waals surface area contributed by atoms with Gasteiger partial charge in [0.05, 0.1) is 6.20 Å². The summed E-state index contributed by atoms with van der Waals surface area (Å²) in [6, 6.07) is 1.61. The summed E-state index contributed by atoms with van der Waals surface area (Å²) in [4.78, 5) is 0. The number of sulfonamides is 1. The number of nitrogens with zero attached hydrogens (tertiary/aromatic N) is 2. The average Bonchev–Trinajstić information content (AvgIpc) is 2.68. The molecular formula is C10H18N4O2S. The molecule has 96 valence electrons. The molecule has 0 radical (unpaired) electrons. The lowest BCUT2D eigenvalue weighted by atomic mass is 10.0. The standard InChI is InChI=1S/C10H18N4O2S/c1-8-9(4-3-6-11-8)13-17(15,16)10-5-7-12-14(10)2/h5,7-9,11,13H,3-4,6H2,1-2H3. The molecule has 2 unspecified atom stereocenters. The first kappa shape index (κ1) is 12.5. The zero-order valence-electron chi connectivity index (χ0n) is 10.0. The van der Waals surface area contributed by atoms with Crippen LogP contribution in [0.2, 0.25) is 0 Å². The topological polar surface area (TPSA) is 76.0 Å². The first-order chi connectivity index (χ1) is 8.00. The maximum atomic E-state index is 12.1. The highest BCUT2D eigenvalue weighted by Gasteiger charge is 2.27. The highest BCUT2D eigenvalue weighted by Crippen LogP contribution is 2.13.